The van der Waals surface area contributed by atoms with Gasteiger partial charge < -0.3 is 4.90 Å². The monoisotopic (exact) mass is 563 g/mol. The lowest BCUT2D eigenvalue weighted by atomic mass is 9.80. The lowest BCUT2D eigenvalue weighted by molar-refractivity contribution is -0.137. The molecule has 39 heavy (non-hydrogen) atoms. The standard InChI is InChI=1S/C27H29F4N5O2S/c28-23-17-22(6-7-24(23)39(37,38)34-25-9-12-32-19-33-25)35-13-2-10-26(18-35,36-14-3-15-36)11-8-20-4-1-5-21(16-20)27(29,30)31/h1,4-7,9,12,16-17,19H,2-3,8,10-11,13-15,18H2,(H,32,33,34)/t26-/m0/s1. The molecule has 0 saturated carbocycles. The third kappa shape index (κ3) is 6.01. The second kappa shape index (κ2) is 10.7. The quantitative estimate of drug-likeness (QED) is 0.384. The third-order valence-electron chi connectivity index (χ3n) is 7.61. The van der Waals surface area contributed by atoms with Crippen LogP contribution in [0.1, 0.15) is 36.8 Å². The van der Waals surface area contributed by atoms with E-state index in [0.717, 1.165) is 38.4 Å². The van der Waals surface area contributed by atoms with Gasteiger partial charge in [-0.2, -0.15) is 13.2 Å². The van der Waals surface area contributed by atoms with Crippen molar-refractivity contribution in [2.75, 3.05) is 35.8 Å². The molecule has 2 aliphatic rings. The Bertz CT molecular complexity index is 1420. The van der Waals surface area contributed by atoms with E-state index in [9.17, 15) is 21.6 Å². The minimum absolute atomic E-state index is 0.0320. The van der Waals surface area contributed by atoms with Crippen molar-refractivity contribution >= 4 is 21.5 Å². The van der Waals surface area contributed by atoms with Gasteiger partial charge in [-0.05, 0) is 81.1 Å². The number of aromatic nitrogens is 2. The minimum Gasteiger partial charge on any atom is -0.370 e. The predicted octanol–water partition coefficient (Wildman–Crippen LogP) is 5.11. The summed E-state index contributed by atoms with van der Waals surface area (Å²) in [6, 6.07) is 10.9. The number of anilines is 2. The first-order valence-electron chi connectivity index (χ1n) is 12.8. The summed E-state index contributed by atoms with van der Waals surface area (Å²) in [6.45, 7) is 3.08. The van der Waals surface area contributed by atoms with Crippen LogP contribution in [0.25, 0.3) is 0 Å². The zero-order valence-corrected chi connectivity index (χ0v) is 22.0. The van der Waals surface area contributed by atoms with Crippen molar-refractivity contribution in [3.63, 3.8) is 0 Å². The first kappa shape index (κ1) is 27.3. The van der Waals surface area contributed by atoms with Crippen LogP contribution in [0.2, 0.25) is 0 Å². The van der Waals surface area contributed by atoms with E-state index < -0.39 is 32.5 Å². The second-order valence-electron chi connectivity index (χ2n) is 10.1. The third-order valence-corrected chi connectivity index (χ3v) is 8.99. The summed E-state index contributed by atoms with van der Waals surface area (Å²) >= 11 is 0. The number of alkyl halides is 3. The molecular formula is C27H29F4N5O2S. The minimum atomic E-state index is -4.39. The number of rotatable bonds is 8. The highest BCUT2D eigenvalue weighted by Crippen LogP contribution is 2.38. The fourth-order valence-electron chi connectivity index (χ4n) is 5.47. The molecule has 3 heterocycles. The molecule has 2 aliphatic heterocycles. The van der Waals surface area contributed by atoms with E-state index in [2.05, 4.69) is 19.6 Å². The van der Waals surface area contributed by atoms with Crippen LogP contribution in [0, 0.1) is 5.82 Å². The largest absolute Gasteiger partial charge is 0.416 e. The maximum absolute atomic E-state index is 15.2. The molecule has 0 radical (unpaired) electrons. The average molecular weight is 564 g/mol. The summed E-state index contributed by atoms with van der Waals surface area (Å²) in [5.74, 6) is -0.845. The van der Waals surface area contributed by atoms with Gasteiger partial charge in [0, 0.05) is 30.5 Å². The van der Waals surface area contributed by atoms with E-state index >= 15 is 4.39 Å². The fraction of sp³-hybridized carbons (Fsp3) is 0.407. The molecule has 0 aliphatic carbocycles. The van der Waals surface area contributed by atoms with Gasteiger partial charge >= 0.3 is 6.18 Å². The molecule has 0 bridgehead atoms. The van der Waals surface area contributed by atoms with E-state index in [1.54, 1.807) is 12.1 Å². The second-order valence-corrected chi connectivity index (χ2v) is 11.8. The Morgan fingerprint density at radius 2 is 1.85 bits per heavy atom. The molecule has 1 aromatic heterocycles. The zero-order chi connectivity index (χ0) is 27.7. The van der Waals surface area contributed by atoms with Crippen molar-refractivity contribution in [3.8, 4) is 0 Å². The van der Waals surface area contributed by atoms with Crippen LogP contribution in [0.15, 0.2) is 66.0 Å². The zero-order valence-electron chi connectivity index (χ0n) is 21.2. The van der Waals surface area contributed by atoms with Gasteiger partial charge in [-0.1, -0.05) is 18.2 Å². The lowest BCUT2D eigenvalue weighted by Crippen LogP contribution is -2.63. The van der Waals surface area contributed by atoms with E-state index in [4.69, 9.17) is 0 Å². The number of aryl methyl sites for hydroxylation is 1. The van der Waals surface area contributed by atoms with Gasteiger partial charge in [-0.25, -0.2) is 22.8 Å². The van der Waals surface area contributed by atoms with Crippen molar-refractivity contribution in [2.24, 2.45) is 0 Å². The Labute approximate surface area is 224 Å². The lowest BCUT2D eigenvalue weighted by Gasteiger charge is -2.54. The van der Waals surface area contributed by atoms with Crippen LogP contribution in [-0.4, -0.2) is 55.0 Å². The summed E-state index contributed by atoms with van der Waals surface area (Å²) in [6.07, 6.45) is 2.11. The van der Waals surface area contributed by atoms with Crippen molar-refractivity contribution < 1.29 is 26.0 Å². The number of likely N-dealkylation sites (tertiary alicyclic amines) is 1. The number of sulfonamides is 1. The molecule has 2 fully saturated rings. The molecule has 0 unspecified atom stereocenters. The van der Waals surface area contributed by atoms with Crippen LogP contribution in [0.5, 0.6) is 0 Å². The van der Waals surface area contributed by atoms with Gasteiger partial charge in [0.15, 0.2) is 0 Å². The molecule has 2 saturated heterocycles. The van der Waals surface area contributed by atoms with Crippen molar-refractivity contribution in [2.45, 2.75) is 48.7 Å². The normalized spacial score (nSPS) is 20.5. The summed E-state index contributed by atoms with van der Waals surface area (Å²) in [5, 5.41) is 0. The summed E-state index contributed by atoms with van der Waals surface area (Å²) in [7, 11) is -4.20. The Kier molecular flexibility index (Phi) is 7.51. The van der Waals surface area contributed by atoms with Crippen LogP contribution in [0.3, 0.4) is 0 Å². The van der Waals surface area contributed by atoms with Crippen molar-refractivity contribution in [3.05, 3.63) is 78.0 Å². The predicted molar refractivity (Wildman–Crippen MR) is 139 cm³/mol. The molecule has 208 valence electrons. The van der Waals surface area contributed by atoms with Gasteiger partial charge in [0.05, 0.1) is 5.56 Å². The topological polar surface area (TPSA) is 78.4 Å². The maximum Gasteiger partial charge on any atom is 0.416 e. The summed E-state index contributed by atoms with van der Waals surface area (Å²) in [4.78, 5) is 11.5. The molecule has 1 N–H and O–H groups in total. The Hall–Kier alpha value is -3.25. The van der Waals surface area contributed by atoms with E-state index in [-0.39, 0.29) is 11.4 Å². The number of nitrogens with one attached hydrogen (secondary N) is 1. The highest BCUT2D eigenvalue weighted by atomic mass is 32.2. The molecule has 1 atom stereocenters. The number of hydrogen-bond donors (Lipinski definition) is 1. The molecule has 0 spiro atoms. The first-order valence-corrected chi connectivity index (χ1v) is 14.3. The Morgan fingerprint density at radius 3 is 2.51 bits per heavy atom. The van der Waals surface area contributed by atoms with Gasteiger partial charge in [-0.3, -0.25) is 9.62 Å². The Morgan fingerprint density at radius 1 is 1.03 bits per heavy atom. The van der Waals surface area contributed by atoms with E-state index in [1.165, 1.54) is 42.9 Å². The molecule has 7 nitrogen and oxygen atoms in total. The van der Waals surface area contributed by atoms with Crippen LogP contribution in [0.4, 0.5) is 29.1 Å². The van der Waals surface area contributed by atoms with Crippen LogP contribution >= 0.6 is 0 Å². The highest BCUT2D eigenvalue weighted by molar-refractivity contribution is 7.92. The Balaban J connectivity index is 1.34. The smallest absolute Gasteiger partial charge is 0.370 e. The molecular weight excluding hydrogens is 534 g/mol. The van der Waals surface area contributed by atoms with Gasteiger partial charge in [0.1, 0.15) is 22.9 Å². The van der Waals surface area contributed by atoms with Crippen LogP contribution in [-0.2, 0) is 22.6 Å². The summed E-state index contributed by atoms with van der Waals surface area (Å²) in [5.41, 5.74) is 0.291. The van der Waals surface area contributed by atoms with Crippen molar-refractivity contribution in [1.82, 2.24) is 14.9 Å². The highest BCUT2D eigenvalue weighted by Gasteiger charge is 2.43. The number of halogens is 4. The number of nitrogens with zero attached hydrogens (tertiary/aromatic N) is 4. The van der Waals surface area contributed by atoms with Gasteiger partial charge in [-0.15, -0.1) is 0 Å². The summed E-state index contributed by atoms with van der Waals surface area (Å²) < 4.78 is 82.6. The molecule has 12 heteroatoms. The number of piperidine rings is 1. The number of benzene rings is 2. The van der Waals surface area contributed by atoms with E-state index in [1.807, 2.05) is 4.90 Å². The van der Waals surface area contributed by atoms with Gasteiger partial charge in [0.2, 0.25) is 0 Å². The average Bonchev–Trinajstić information content (AvgIpc) is 2.86. The molecule has 2 aromatic carbocycles. The SMILES string of the molecule is O=S(=O)(Nc1ccncn1)c1ccc(N2CCC[C@@](CCc3cccc(C(F)(F)F)c3)(N3CCC3)C2)cc1F. The van der Waals surface area contributed by atoms with Gasteiger partial charge in [0.25, 0.3) is 10.0 Å². The molecule has 5 rings (SSSR count). The van der Waals surface area contributed by atoms with Crippen molar-refractivity contribution in [1.29, 1.82) is 0 Å². The fourth-order valence-corrected chi connectivity index (χ4v) is 6.54. The molecule has 3 aromatic rings. The molecule has 0 amide bonds. The van der Waals surface area contributed by atoms with E-state index in [0.29, 0.717) is 37.2 Å². The van der Waals surface area contributed by atoms with Crippen LogP contribution < -0.4 is 9.62 Å². The first-order chi connectivity index (χ1) is 18.6. The number of hydrogen-bond acceptors (Lipinski definition) is 6. The maximum atomic E-state index is 15.2.